The summed E-state index contributed by atoms with van der Waals surface area (Å²) in [7, 11) is 0. The zero-order valence-corrected chi connectivity index (χ0v) is 15.9. The molecule has 3 aliphatic rings. The largest absolute Gasteiger partial charge is 0.369 e. The molecule has 3 aromatic rings. The van der Waals surface area contributed by atoms with Crippen LogP contribution in [0.4, 0.5) is 5.82 Å². The van der Waals surface area contributed by atoms with Gasteiger partial charge in [-0.3, -0.25) is 4.57 Å². The maximum atomic E-state index is 6.39. The summed E-state index contributed by atoms with van der Waals surface area (Å²) in [5, 5.41) is 13.0. The Balaban J connectivity index is 1.44. The Kier molecular flexibility index (Phi) is 3.19. The molecule has 6 rings (SSSR count). The predicted octanol–water partition coefficient (Wildman–Crippen LogP) is 2.23. The molecule has 1 unspecified atom stereocenters. The molecule has 10 heteroatoms. The number of aliphatic imine (C=N–C) groups is 1. The molecule has 0 spiro atoms. The summed E-state index contributed by atoms with van der Waals surface area (Å²) in [6.07, 6.45) is 5.62. The van der Waals surface area contributed by atoms with E-state index < -0.39 is 0 Å². The highest BCUT2D eigenvalue weighted by atomic mass is 35.5. The van der Waals surface area contributed by atoms with Gasteiger partial charge >= 0.3 is 0 Å². The monoisotopic (exact) mass is 396 g/mol. The second-order valence-electron chi connectivity index (χ2n) is 7.25. The van der Waals surface area contributed by atoms with Crippen molar-refractivity contribution in [2.24, 2.45) is 4.99 Å². The number of hydrogen-bond acceptors (Lipinski definition) is 7. The van der Waals surface area contributed by atoms with Crippen LogP contribution < -0.4 is 10.1 Å². The lowest BCUT2D eigenvalue weighted by Crippen LogP contribution is -2.51. The van der Waals surface area contributed by atoms with Crippen molar-refractivity contribution in [1.29, 1.82) is 0 Å². The topological polar surface area (TPSA) is 76.6 Å². The summed E-state index contributed by atoms with van der Waals surface area (Å²) in [6.45, 7) is 3.22. The van der Waals surface area contributed by atoms with E-state index in [-0.39, 0.29) is 5.60 Å². The summed E-state index contributed by atoms with van der Waals surface area (Å²) in [4.78, 5) is 10.8. The first-order valence-corrected chi connectivity index (χ1v) is 9.56. The van der Waals surface area contributed by atoms with E-state index in [0.717, 1.165) is 48.0 Å². The van der Waals surface area contributed by atoms with Gasteiger partial charge in [-0.2, -0.15) is 10.1 Å². The van der Waals surface area contributed by atoms with Gasteiger partial charge in [-0.05, 0) is 48.7 Å². The average molecular weight is 397 g/mol. The van der Waals surface area contributed by atoms with E-state index in [1.165, 1.54) is 0 Å². The first-order chi connectivity index (χ1) is 13.7. The molecule has 0 amide bonds. The number of halogens is 1. The van der Waals surface area contributed by atoms with Gasteiger partial charge in [0.2, 0.25) is 5.28 Å². The number of hydrazine groups is 1. The quantitative estimate of drug-likeness (QED) is 0.661. The summed E-state index contributed by atoms with van der Waals surface area (Å²) in [5.74, 6) is 1.64. The lowest BCUT2D eigenvalue weighted by Gasteiger charge is -2.34. The van der Waals surface area contributed by atoms with E-state index in [2.05, 4.69) is 22.2 Å². The van der Waals surface area contributed by atoms with Gasteiger partial charge in [-0.25, -0.2) is 9.98 Å². The molecule has 1 fully saturated rings. The number of aromatic nitrogens is 5. The Morgan fingerprint density at radius 2 is 2.14 bits per heavy atom. The molecule has 1 saturated heterocycles. The highest BCUT2D eigenvalue weighted by molar-refractivity contribution is 6.29. The predicted molar refractivity (Wildman–Crippen MR) is 103 cm³/mol. The summed E-state index contributed by atoms with van der Waals surface area (Å²) in [6, 6.07) is 8.02. The van der Waals surface area contributed by atoms with Crippen molar-refractivity contribution in [3.8, 4) is 5.69 Å². The number of nitrogens with zero attached hydrogens (tertiary/aromatic N) is 8. The number of amidine groups is 1. The number of anilines is 1. The number of fused-ring (bicyclic) bond motifs is 6. The van der Waals surface area contributed by atoms with E-state index >= 15 is 0 Å². The van der Waals surface area contributed by atoms with Gasteiger partial charge in [0, 0.05) is 12.2 Å². The van der Waals surface area contributed by atoms with Gasteiger partial charge in [0.1, 0.15) is 11.3 Å². The molecule has 0 N–H and O–H groups in total. The molecule has 0 radical (unpaired) electrons. The minimum atomic E-state index is -0.388. The Labute approximate surface area is 165 Å². The Bertz CT molecular complexity index is 1110. The molecule has 1 atom stereocenters. The maximum absolute atomic E-state index is 6.39. The van der Waals surface area contributed by atoms with Crippen molar-refractivity contribution < 1.29 is 4.74 Å². The first-order valence-electron chi connectivity index (χ1n) is 9.18. The van der Waals surface area contributed by atoms with Crippen LogP contribution in [0.25, 0.3) is 5.69 Å². The molecule has 28 heavy (non-hydrogen) atoms. The third-order valence-corrected chi connectivity index (χ3v) is 5.83. The highest BCUT2D eigenvalue weighted by Crippen LogP contribution is 2.37. The fourth-order valence-electron chi connectivity index (χ4n) is 4.09. The van der Waals surface area contributed by atoms with E-state index in [9.17, 15) is 0 Å². The van der Waals surface area contributed by atoms with Gasteiger partial charge in [0.25, 0.3) is 0 Å². The Hall–Kier alpha value is -2.91. The van der Waals surface area contributed by atoms with Crippen molar-refractivity contribution in [2.75, 3.05) is 23.4 Å². The fraction of sp³-hybridized carbons (Fsp3) is 0.333. The lowest BCUT2D eigenvalue weighted by atomic mass is 10.00. The molecule has 5 heterocycles. The zero-order valence-electron chi connectivity index (χ0n) is 15.2. The highest BCUT2D eigenvalue weighted by Gasteiger charge is 2.40. The second kappa shape index (κ2) is 5.55. The Morgan fingerprint density at radius 3 is 3.00 bits per heavy atom. The smallest absolute Gasteiger partial charge is 0.209 e. The van der Waals surface area contributed by atoms with Crippen molar-refractivity contribution in [2.45, 2.75) is 25.4 Å². The summed E-state index contributed by atoms with van der Waals surface area (Å²) >= 11 is 6.39. The summed E-state index contributed by atoms with van der Waals surface area (Å²) in [5.41, 5.74) is 2.38. The van der Waals surface area contributed by atoms with Crippen LogP contribution in [0.15, 0.2) is 41.7 Å². The standard InChI is InChI=1S/C18H17ClN8O/c1-18(7-4-8-28-18)14-10-24(23-22-14)25-11-21-16-12-5-2-3-6-13(12)26-15(27(16)25)9-20-17(26)19/h2-3,5-6,9-10H,4,7-8,11H2,1H3. The minimum absolute atomic E-state index is 0.388. The van der Waals surface area contributed by atoms with Crippen LogP contribution in [0.5, 0.6) is 0 Å². The SMILES string of the molecule is CC1(c2cn(N3CN=C4c5ccccc5-n5c(cnc5Cl)N43)nn2)CCCO1. The van der Waals surface area contributed by atoms with Gasteiger partial charge in [-0.15, -0.1) is 9.89 Å². The molecule has 9 nitrogen and oxygen atoms in total. The molecule has 1 aromatic carbocycles. The van der Waals surface area contributed by atoms with Crippen LogP contribution in [0.2, 0.25) is 5.28 Å². The maximum Gasteiger partial charge on any atom is 0.209 e. The number of ether oxygens (including phenoxy) is 1. The number of para-hydroxylation sites is 1. The fourth-order valence-corrected chi connectivity index (χ4v) is 4.32. The van der Waals surface area contributed by atoms with Gasteiger partial charge < -0.3 is 4.74 Å². The van der Waals surface area contributed by atoms with Crippen LogP contribution in [0.1, 0.15) is 31.0 Å². The van der Waals surface area contributed by atoms with Gasteiger partial charge in [-0.1, -0.05) is 12.1 Å². The van der Waals surface area contributed by atoms with Gasteiger partial charge in [0.05, 0.1) is 18.1 Å². The normalized spacial score (nSPS) is 22.9. The molecule has 0 bridgehead atoms. The molecule has 2 aromatic heterocycles. The number of rotatable bonds is 2. The first kappa shape index (κ1) is 16.1. The average Bonchev–Trinajstić information content (AvgIpc) is 3.47. The van der Waals surface area contributed by atoms with Crippen LogP contribution in [-0.4, -0.2) is 43.8 Å². The van der Waals surface area contributed by atoms with Crippen molar-refractivity contribution in [1.82, 2.24) is 24.7 Å². The van der Waals surface area contributed by atoms with Crippen LogP contribution in [-0.2, 0) is 10.3 Å². The summed E-state index contributed by atoms with van der Waals surface area (Å²) < 4.78 is 7.82. The van der Waals surface area contributed by atoms with Crippen molar-refractivity contribution >= 4 is 23.3 Å². The number of hydrogen-bond donors (Lipinski definition) is 0. The molecular formula is C18H17ClN8O. The van der Waals surface area contributed by atoms with Crippen molar-refractivity contribution in [3.05, 3.63) is 53.2 Å². The lowest BCUT2D eigenvalue weighted by molar-refractivity contribution is 0.0131. The van der Waals surface area contributed by atoms with Crippen LogP contribution in [0.3, 0.4) is 0 Å². The van der Waals surface area contributed by atoms with Crippen LogP contribution >= 0.6 is 11.6 Å². The third-order valence-electron chi connectivity index (χ3n) is 5.56. The molecule has 3 aliphatic heterocycles. The van der Waals surface area contributed by atoms with E-state index in [1.807, 2.05) is 45.2 Å². The molecule has 0 aliphatic carbocycles. The second-order valence-corrected chi connectivity index (χ2v) is 7.59. The number of imidazole rings is 1. The number of benzene rings is 1. The van der Waals surface area contributed by atoms with E-state index in [1.54, 1.807) is 11.0 Å². The Morgan fingerprint density at radius 1 is 1.25 bits per heavy atom. The molecule has 0 saturated carbocycles. The third kappa shape index (κ3) is 2.05. The van der Waals surface area contributed by atoms with Crippen molar-refractivity contribution in [3.63, 3.8) is 0 Å². The van der Waals surface area contributed by atoms with E-state index in [4.69, 9.17) is 21.3 Å². The zero-order chi connectivity index (χ0) is 18.9. The molecular weight excluding hydrogens is 380 g/mol. The minimum Gasteiger partial charge on any atom is -0.369 e. The van der Waals surface area contributed by atoms with Gasteiger partial charge in [0.15, 0.2) is 18.3 Å². The molecule has 142 valence electrons. The van der Waals surface area contributed by atoms with Crippen LogP contribution in [0, 0.1) is 0 Å². The van der Waals surface area contributed by atoms with E-state index in [0.29, 0.717) is 12.0 Å².